The third kappa shape index (κ3) is 5.00. The quantitative estimate of drug-likeness (QED) is 0.792. The highest BCUT2D eigenvalue weighted by molar-refractivity contribution is 7.89. The van der Waals surface area contributed by atoms with E-state index < -0.39 is 10.0 Å². The third-order valence-electron chi connectivity index (χ3n) is 6.17. The summed E-state index contributed by atoms with van der Waals surface area (Å²) < 4.78 is 33.1. The lowest BCUT2D eigenvalue weighted by atomic mass is 9.85. The van der Waals surface area contributed by atoms with Gasteiger partial charge in [0.05, 0.1) is 0 Å². The van der Waals surface area contributed by atoms with Crippen LogP contribution in [0, 0.1) is 19.8 Å². The number of hydrogen-bond donors (Lipinski definition) is 1. The van der Waals surface area contributed by atoms with Crippen LogP contribution in [-0.2, 0) is 14.8 Å². The normalized spacial score (nSPS) is 24.7. The van der Waals surface area contributed by atoms with E-state index in [1.807, 2.05) is 4.90 Å². The smallest absolute Gasteiger partial charge is 0.246 e. The summed E-state index contributed by atoms with van der Waals surface area (Å²) in [5.41, 5.74) is 0.499. The van der Waals surface area contributed by atoms with E-state index in [4.69, 9.17) is 4.52 Å². The molecule has 0 unspecified atom stereocenters. The summed E-state index contributed by atoms with van der Waals surface area (Å²) in [6, 6.07) is -0.157. The van der Waals surface area contributed by atoms with Crippen LogP contribution in [0.5, 0.6) is 0 Å². The lowest BCUT2D eigenvalue weighted by Crippen LogP contribution is -2.55. The van der Waals surface area contributed by atoms with E-state index in [2.05, 4.69) is 35.5 Å². The van der Waals surface area contributed by atoms with Crippen molar-refractivity contribution >= 4 is 15.9 Å². The van der Waals surface area contributed by atoms with E-state index in [1.54, 1.807) is 13.8 Å². The maximum Gasteiger partial charge on any atom is 0.246 e. The summed E-state index contributed by atoms with van der Waals surface area (Å²) >= 11 is 0. The SMILES string of the molecule is Cc1noc(C)c1S(=O)(=O)N[C@H]1CC[C@H](C(=O)N2CCN(C(C)(C)C)CC2)CC1. The topological polar surface area (TPSA) is 95.8 Å². The van der Waals surface area contributed by atoms with Gasteiger partial charge in [-0.2, -0.15) is 0 Å². The molecule has 164 valence electrons. The van der Waals surface area contributed by atoms with Gasteiger partial charge in [-0.1, -0.05) is 5.16 Å². The Morgan fingerprint density at radius 3 is 2.14 bits per heavy atom. The number of carbonyl (C=O) groups is 1. The predicted molar refractivity (Wildman–Crippen MR) is 110 cm³/mol. The number of hydrogen-bond acceptors (Lipinski definition) is 6. The molecule has 1 aromatic heterocycles. The summed E-state index contributed by atoms with van der Waals surface area (Å²) in [5.74, 6) is 0.523. The molecular weight excluding hydrogens is 392 g/mol. The Kier molecular flexibility index (Phi) is 6.41. The van der Waals surface area contributed by atoms with Gasteiger partial charge in [0.15, 0.2) is 5.76 Å². The first-order valence-electron chi connectivity index (χ1n) is 10.5. The molecular formula is C20H34N4O4S. The Morgan fingerprint density at radius 1 is 1.07 bits per heavy atom. The Bertz CT molecular complexity index is 808. The van der Waals surface area contributed by atoms with E-state index in [0.29, 0.717) is 37.1 Å². The third-order valence-corrected chi connectivity index (χ3v) is 7.94. The zero-order valence-electron chi connectivity index (χ0n) is 18.2. The van der Waals surface area contributed by atoms with E-state index in [-0.39, 0.29) is 28.3 Å². The van der Waals surface area contributed by atoms with Gasteiger partial charge in [0, 0.05) is 43.7 Å². The molecule has 0 atom stereocenters. The Hall–Kier alpha value is -1.45. The van der Waals surface area contributed by atoms with Gasteiger partial charge >= 0.3 is 0 Å². The highest BCUT2D eigenvalue weighted by Gasteiger charge is 2.35. The Morgan fingerprint density at radius 2 is 1.66 bits per heavy atom. The van der Waals surface area contributed by atoms with Crippen molar-refractivity contribution in [1.29, 1.82) is 0 Å². The van der Waals surface area contributed by atoms with Crippen LogP contribution >= 0.6 is 0 Å². The van der Waals surface area contributed by atoms with Crippen LogP contribution in [0.1, 0.15) is 57.9 Å². The minimum atomic E-state index is -3.66. The Balaban J connectivity index is 1.51. The molecule has 0 spiro atoms. The highest BCUT2D eigenvalue weighted by atomic mass is 32.2. The maximum atomic E-state index is 12.9. The van der Waals surface area contributed by atoms with Crippen LogP contribution in [0.15, 0.2) is 9.42 Å². The van der Waals surface area contributed by atoms with Crippen molar-refractivity contribution in [2.24, 2.45) is 5.92 Å². The fraction of sp³-hybridized carbons (Fsp3) is 0.800. The molecule has 1 saturated heterocycles. The van der Waals surface area contributed by atoms with Crippen LogP contribution in [-0.4, -0.2) is 67.0 Å². The summed E-state index contributed by atoms with van der Waals surface area (Å²) in [6.07, 6.45) is 2.77. The first kappa shape index (κ1) is 22.2. The standard InChI is InChI=1S/C20H34N4O4S/c1-14-18(15(2)28-21-14)29(26,27)22-17-8-6-16(7-9-17)19(25)23-10-12-24(13-11-23)20(3,4)5/h16-17,22H,6-13H2,1-5H3/t16-,17-. The number of nitrogens with one attached hydrogen (secondary N) is 1. The maximum absolute atomic E-state index is 12.9. The van der Waals surface area contributed by atoms with Crippen LogP contribution in [0.4, 0.5) is 0 Å². The van der Waals surface area contributed by atoms with Crippen molar-refractivity contribution in [3.05, 3.63) is 11.5 Å². The molecule has 1 N–H and O–H groups in total. The van der Waals surface area contributed by atoms with Crippen LogP contribution in [0.3, 0.4) is 0 Å². The van der Waals surface area contributed by atoms with Gasteiger partial charge in [-0.3, -0.25) is 9.69 Å². The van der Waals surface area contributed by atoms with Gasteiger partial charge < -0.3 is 9.42 Å². The molecule has 1 amide bonds. The summed E-state index contributed by atoms with van der Waals surface area (Å²) in [7, 11) is -3.66. The van der Waals surface area contributed by atoms with Crippen LogP contribution < -0.4 is 4.72 Å². The van der Waals surface area contributed by atoms with Gasteiger partial charge in [-0.25, -0.2) is 13.1 Å². The molecule has 0 bridgehead atoms. The molecule has 2 heterocycles. The number of carbonyl (C=O) groups excluding carboxylic acids is 1. The molecule has 0 radical (unpaired) electrons. The molecule has 1 saturated carbocycles. The highest BCUT2D eigenvalue weighted by Crippen LogP contribution is 2.29. The van der Waals surface area contributed by atoms with Crippen molar-refractivity contribution in [3.63, 3.8) is 0 Å². The van der Waals surface area contributed by atoms with E-state index in [0.717, 1.165) is 26.2 Å². The van der Waals surface area contributed by atoms with Crippen molar-refractivity contribution in [2.75, 3.05) is 26.2 Å². The predicted octanol–water partition coefficient (Wildman–Crippen LogP) is 2.07. The lowest BCUT2D eigenvalue weighted by Gasteiger charge is -2.43. The summed E-state index contributed by atoms with van der Waals surface area (Å²) in [4.78, 5) is 17.5. The second-order valence-corrected chi connectivity index (χ2v) is 11.0. The number of aryl methyl sites for hydroxylation is 2. The molecule has 0 aromatic carbocycles. The number of aromatic nitrogens is 1. The molecule has 1 aromatic rings. The molecule has 8 nitrogen and oxygen atoms in total. The van der Waals surface area contributed by atoms with Crippen molar-refractivity contribution in [1.82, 2.24) is 19.7 Å². The minimum absolute atomic E-state index is 0.00370. The zero-order valence-corrected chi connectivity index (χ0v) is 19.0. The lowest BCUT2D eigenvalue weighted by molar-refractivity contribution is -0.139. The van der Waals surface area contributed by atoms with E-state index >= 15 is 0 Å². The van der Waals surface area contributed by atoms with Crippen molar-refractivity contribution in [3.8, 4) is 0 Å². The summed E-state index contributed by atoms with van der Waals surface area (Å²) in [5, 5.41) is 3.74. The first-order chi connectivity index (χ1) is 13.5. The number of amides is 1. The second-order valence-electron chi connectivity index (χ2n) is 9.31. The Labute approximate surface area is 174 Å². The number of sulfonamides is 1. The molecule has 1 aliphatic carbocycles. The van der Waals surface area contributed by atoms with Crippen molar-refractivity contribution in [2.45, 2.75) is 76.8 Å². The van der Waals surface area contributed by atoms with Crippen molar-refractivity contribution < 1.29 is 17.7 Å². The van der Waals surface area contributed by atoms with Crippen LogP contribution in [0.2, 0.25) is 0 Å². The monoisotopic (exact) mass is 426 g/mol. The van der Waals surface area contributed by atoms with Crippen LogP contribution in [0.25, 0.3) is 0 Å². The summed E-state index contributed by atoms with van der Waals surface area (Å²) in [6.45, 7) is 13.2. The van der Waals surface area contributed by atoms with E-state index in [9.17, 15) is 13.2 Å². The molecule has 2 aliphatic rings. The fourth-order valence-electron chi connectivity index (χ4n) is 4.45. The number of rotatable bonds is 4. The molecule has 2 fully saturated rings. The minimum Gasteiger partial charge on any atom is -0.360 e. The number of piperazine rings is 1. The molecule has 29 heavy (non-hydrogen) atoms. The first-order valence-corrected chi connectivity index (χ1v) is 12.0. The average molecular weight is 427 g/mol. The fourth-order valence-corrected chi connectivity index (χ4v) is 6.08. The molecule has 1 aliphatic heterocycles. The second kappa shape index (κ2) is 8.35. The zero-order chi connectivity index (χ0) is 21.4. The average Bonchev–Trinajstić information content (AvgIpc) is 3.00. The molecule has 3 rings (SSSR count). The van der Waals surface area contributed by atoms with Gasteiger partial charge in [-0.15, -0.1) is 0 Å². The number of nitrogens with zero attached hydrogens (tertiary/aromatic N) is 3. The van der Waals surface area contributed by atoms with Gasteiger partial charge in [0.2, 0.25) is 15.9 Å². The van der Waals surface area contributed by atoms with Gasteiger partial charge in [0.25, 0.3) is 0 Å². The van der Waals surface area contributed by atoms with Gasteiger partial charge in [-0.05, 0) is 60.3 Å². The molecule has 9 heteroatoms. The van der Waals surface area contributed by atoms with Gasteiger partial charge in [0.1, 0.15) is 10.6 Å². The largest absolute Gasteiger partial charge is 0.360 e. The van der Waals surface area contributed by atoms with E-state index in [1.165, 1.54) is 0 Å².